The normalized spacial score (nSPS) is 12.0. The fourth-order valence-electron chi connectivity index (χ4n) is 1.62. The van der Waals surface area contributed by atoms with Gasteiger partial charge in [0.25, 0.3) is 0 Å². The molecular formula is C14H15Cl2N3O. The zero-order valence-corrected chi connectivity index (χ0v) is 12.7. The first-order valence-electron chi connectivity index (χ1n) is 6.19. The summed E-state index contributed by atoms with van der Waals surface area (Å²) < 4.78 is 5.69. The molecule has 2 aromatic rings. The number of ether oxygens (including phenoxy) is 1. The van der Waals surface area contributed by atoms with Crippen molar-refractivity contribution in [3.05, 3.63) is 46.2 Å². The molecule has 1 unspecified atom stereocenters. The van der Waals surface area contributed by atoms with E-state index in [0.29, 0.717) is 17.4 Å². The number of hydrogen-bond acceptors (Lipinski definition) is 4. The second-order valence-corrected chi connectivity index (χ2v) is 5.29. The van der Waals surface area contributed by atoms with E-state index < -0.39 is 0 Å². The molecule has 0 aliphatic carbocycles. The molecule has 0 aliphatic heterocycles. The third-order valence-corrected chi connectivity index (χ3v) is 3.11. The molecule has 6 heteroatoms. The Kier molecular flexibility index (Phi) is 5.04. The molecule has 2 rings (SSSR count). The highest BCUT2D eigenvalue weighted by Gasteiger charge is 2.08. The zero-order valence-electron chi connectivity index (χ0n) is 11.2. The van der Waals surface area contributed by atoms with Gasteiger partial charge < -0.3 is 10.1 Å². The summed E-state index contributed by atoms with van der Waals surface area (Å²) in [7, 11) is 0. The number of rotatable bonds is 5. The van der Waals surface area contributed by atoms with Crippen LogP contribution in [0.25, 0.3) is 0 Å². The maximum absolute atomic E-state index is 5.94. The van der Waals surface area contributed by atoms with Crippen LogP contribution in [0.5, 0.6) is 5.75 Å². The summed E-state index contributed by atoms with van der Waals surface area (Å²) in [6.45, 7) is 4.52. The highest BCUT2D eigenvalue weighted by atomic mass is 35.5. The summed E-state index contributed by atoms with van der Waals surface area (Å²) >= 11 is 11.7. The molecule has 20 heavy (non-hydrogen) atoms. The van der Waals surface area contributed by atoms with Gasteiger partial charge in [0, 0.05) is 6.07 Å². The van der Waals surface area contributed by atoms with Crippen LogP contribution in [0.3, 0.4) is 0 Å². The predicted molar refractivity (Wildman–Crippen MR) is 81.8 cm³/mol. The first kappa shape index (κ1) is 14.9. The fraction of sp³-hybridized carbons (Fsp3) is 0.286. The first-order valence-corrected chi connectivity index (χ1v) is 6.95. The molecule has 1 heterocycles. The number of halogens is 2. The highest BCUT2D eigenvalue weighted by Crippen LogP contribution is 2.21. The molecular weight excluding hydrogens is 297 g/mol. The van der Waals surface area contributed by atoms with E-state index in [1.165, 1.54) is 5.56 Å². The van der Waals surface area contributed by atoms with Gasteiger partial charge in [0.1, 0.15) is 12.4 Å². The number of benzene rings is 1. The topological polar surface area (TPSA) is 47.0 Å². The van der Waals surface area contributed by atoms with Crippen LogP contribution in [0.2, 0.25) is 10.3 Å². The van der Waals surface area contributed by atoms with Crippen molar-refractivity contribution in [1.82, 2.24) is 10.2 Å². The number of anilines is 1. The smallest absolute Gasteiger partial charge is 0.174 e. The van der Waals surface area contributed by atoms with Gasteiger partial charge in [0.15, 0.2) is 10.3 Å². The van der Waals surface area contributed by atoms with E-state index in [1.54, 1.807) is 6.07 Å². The quantitative estimate of drug-likeness (QED) is 0.907. The van der Waals surface area contributed by atoms with E-state index in [0.717, 1.165) is 5.75 Å². The van der Waals surface area contributed by atoms with Gasteiger partial charge >= 0.3 is 0 Å². The second kappa shape index (κ2) is 6.77. The molecule has 4 nitrogen and oxygen atoms in total. The molecule has 0 amide bonds. The molecule has 0 spiro atoms. The van der Waals surface area contributed by atoms with Crippen LogP contribution in [0.15, 0.2) is 30.3 Å². The number of nitrogens with one attached hydrogen (secondary N) is 1. The molecule has 1 atom stereocenters. The molecule has 0 aliphatic rings. The summed E-state index contributed by atoms with van der Waals surface area (Å²) in [5.74, 6) is 0.834. The summed E-state index contributed by atoms with van der Waals surface area (Å²) in [6, 6.07) is 9.60. The predicted octanol–water partition coefficient (Wildman–Crippen LogP) is 3.97. The van der Waals surface area contributed by atoms with Gasteiger partial charge in [-0.3, -0.25) is 0 Å². The Bertz CT molecular complexity index is 575. The fourth-order valence-corrected chi connectivity index (χ4v) is 1.91. The van der Waals surface area contributed by atoms with E-state index in [2.05, 4.69) is 15.5 Å². The Morgan fingerprint density at radius 1 is 1.20 bits per heavy atom. The van der Waals surface area contributed by atoms with Crippen molar-refractivity contribution in [1.29, 1.82) is 0 Å². The van der Waals surface area contributed by atoms with Crippen LogP contribution in [0.1, 0.15) is 12.5 Å². The molecule has 1 N–H and O–H groups in total. The third-order valence-electron chi connectivity index (χ3n) is 2.64. The van der Waals surface area contributed by atoms with Crippen LogP contribution in [0, 0.1) is 6.92 Å². The molecule has 1 aromatic heterocycles. The minimum absolute atomic E-state index is 0.0501. The Labute approximate surface area is 128 Å². The summed E-state index contributed by atoms with van der Waals surface area (Å²) in [5.41, 5.74) is 1.85. The van der Waals surface area contributed by atoms with E-state index in [1.807, 2.05) is 38.1 Å². The van der Waals surface area contributed by atoms with Crippen molar-refractivity contribution in [3.63, 3.8) is 0 Å². The van der Waals surface area contributed by atoms with Crippen molar-refractivity contribution < 1.29 is 4.74 Å². The molecule has 0 saturated carbocycles. The van der Waals surface area contributed by atoms with Crippen molar-refractivity contribution in [2.24, 2.45) is 0 Å². The average Bonchev–Trinajstić information content (AvgIpc) is 2.42. The van der Waals surface area contributed by atoms with Gasteiger partial charge in [-0.1, -0.05) is 40.9 Å². The molecule has 0 saturated heterocycles. The van der Waals surface area contributed by atoms with Gasteiger partial charge in [-0.15, -0.1) is 10.2 Å². The van der Waals surface area contributed by atoms with Gasteiger partial charge in [-0.25, -0.2) is 0 Å². The molecule has 1 aromatic carbocycles. The Morgan fingerprint density at radius 2 is 1.90 bits per heavy atom. The van der Waals surface area contributed by atoms with E-state index in [4.69, 9.17) is 27.9 Å². The maximum Gasteiger partial charge on any atom is 0.174 e. The summed E-state index contributed by atoms with van der Waals surface area (Å²) in [4.78, 5) is 0. The molecule has 0 radical (unpaired) electrons. The van der Waals surface area contributed by atoms with E-state index in [-0.39, 0.29) is 11.2 Å². The van der Waals surface area contributed by atoms with Crippen molar-refractivity contribution in [2.75, 3.05) is 11.9 Å². The third kappa shape index (κ3) is 4.25. The largest absolute Gasteiger partial charge is 0.491 e. The molecule has 106 valence electrons. The summed E-state index contributed by atoms with van der Waals surface area (Å²) in [6.07, 6.45) is 0. The number of aromatic nitrogens is 2. The average molecular weight is 312 g/mol. The van der Waals surface area contributed by atoms with Crippen LogP contribution < -0.4 is 10.1 Å². The van der Waals surface area contributed by atoms with Gasteiger partial charge in [-0.2, -0.15) is 0 Å². The standard InChI is InChI=1S/C14H15Cl2N3O/c1-9-3-5-11(6-4-9)20-8-10(2)17-12-7-13(15)18-19-14(12)16/h3-7,10H,8H2,1-2H3,(H,17,18). The van der Waals surface area contributed by atoms with Crippen LogP contribution in [-0.4, -0.2) is 22.8 Å². The number of nitrogens with zero attached hydrogens (tertiary/aromatic N) is 2. The lowest BCUT2D eigenvalue weighted by molar-refractivity contribution is 0.304. The lowest BCUT2D eigenvalue weighted by Gasteiger charge is -2.16. The highest BCUT2D eigenvalue weighted by molar-refractivity contribution is 6.33. The van der Waals surface area contributed by atoms with Gasteiger partial charge in [0.2, 0.25) is 0 Å². The lowest BCUT2D eigenvalue weighted by Crippen LogP contribution is -2.23. The van der Waals surface area contributed by atoms with Crippen LogP contribution in [0.4, 0.5) is 5.69 Å². The Hall–Kier alpha value is -1.52. The lowest BCUT2D eigenvalue weighted by atomic mass is 10.2. The second-order valence-electron chi connectivity index (χ2n) is 4.54. The van der Waals surface area contributed by atoms with Crippen molar-refractivity contribution in [3.8, 4) is 5.75 Å². The number of aryl methyl sites for hydroxylation is 1. The molecule has 0 fully saturated rings. The van der Waals surface area contributed by atoms with Gasteiger partial charge in [0.05, 0.1) is 11.7 Å². The first-order chi connectivity index (χ1) is 9.54. The van der Waals surface area contributed by atoms with E-state index >= 15 is 0 Å². The summed E-state index contributed by atoms with van der Waals surface area (Å²) in [5, 5.41) is 11.2. The number of hydrogen-bond donors (Lipinski definition) is 1. The van der Waals surface area contributed by atoms with Crippen LogP contribution >= 0.6 is 23.2 Å². The van der Waals surface area contributed by atoms with E-state index in [9.17, 15) is 0 Å². The SMILES string of the molecule is Cc1ccc(OCC(C)Nc2cc(Cl)nnc2Cl)cc1. The zero-order chi connectivity index (χ0) is 14.5. The van der Waals surface area contributed by atoms with Crippen molar-refractivity contribution in [2.45, 2.75) is 19.9 Å². The monoisotopic (exact) mass is 311 g/mol. The van der Waals surface area contributed by atoms with Gasteiger partial charge in [-0.05, 0) is 26.0 Å². The van der Waals surface area contributed by atoms with Crippen LogP contribution in [-0.2, 0) is 0 Å². The maximum atomic E-state index is 5.94. The molecule has 0 bridgehead atoms. The Balaban J connectivity index is 1.90. The Morgan fingerprint density at radius 3 is 2.60 bits per heavy atom. The van der Waals surface area contributed by atoms with Crippen molar-refractivity contribution >= 4 is 28.9 Å². The minimum atomic E-state index is 0.0501. The minimum Gasteiger partial charge on any atom is -0.491 e.